The molecule has 31 heavy (non-hydrogen) atoms. The minimum atomic E-state index is 0. The first-order valence-corrected chi connectivity index (χ1v) is 11.1. The SMILES string of the molecule is CCNC(=NCc1nc(-c2ccc(OC)cc2)n[nH]1)NC1CCN(C2CCCC2)C1.I. The van der Waals surface area contributed by atoms with Crippen LogP contribution in [-0.2, 0) is 6.54 Å². The summed E-state index contributed by atoms with van der Waals surface area (Å²) in [7, 11) is 1.66. The molecule has 2 heterocycles. The van der Waals surface area contributed by atoms with Gasteiger partial charge in [-0.3, -0.25) is 10.00 Å². The van der Waals surface area contributed by atoms with E-state index in [0.29, 0.717) is 18.4 Å². The molecule has 2 fully saturated rings. The fourth-order valence-electron chi connectivity index (χ4n) is 4.41. The lowest BCUT2D eigenvalue weighted by Gasteiger charge is -2.24. The number of hydrogen-bond acceptors (Lipinski definition) is 5. The van der Waals surface area contributed by atoms with Crippen molar-refractivity contribution in [2.24, 2.45) is 4.99 Å². The molecule has 4 rings (SSSR count). The maximum Gasteiger partial charge on any atom is 0.191 e. The first-order valence-electron chi connectivity index (χ1n) is 11.1. The Morgan fingerprint density at radius 1 is 1.23 bits per heavy atom. The molecule has 0 amide bonds. The predicted octanol–water partition coefficient (Wildman–Crippen LogP) is 3.17. The van der Waals surface area contributed by atoms with Crippen LogP contribution in [0, 0.1) is 0 Å². The summed E-state index contributed by atoms with van der Waals surface area (Å²) in [5.74, 6) is 3.08. The fourth-order valence-corrected chi connectivity index (χ4v) is 4.41. The van der Waals surface area contributed by atoms with Crippen molar-refractivity contribution in [1.29, 1.82) is 0 Å². The van der Waals surface area contributed by atoms with Crippen LogP contribution in [0.2, 0.25) is 0 Å². The van der Waals surface area contributed by atoms with Crippen molar-refractivity contribution in [1.82, 2.24) is 30.7 Å². The zero-order valence-electron chi connectivity index (χ0n) is 18.4. The highest BCUT2D eigenvalue weighted by molar-refractivity contribution is 14.0. The van der Waals surface area contributed by atoms with Crippen LogP contribution in [0.1, 0.15) is 44.9 Å². The molecule has 2 aromatic rings. The fraction of sp³-hybridized carbons (Fsp3) is 0.591. The summed E-state index contributed by atoms with van der Waals surface area (Å²) in [6.45, 7) is 5.68. The molecule has 1 aliphatic heterocycles. The van der Waals surface area contributed by atoms with Gasteiger partial charge >= 0.3 is 0 Å². The molecule has 0 radical (unpaired) electrons. The molecule has 1 saturated heterocycles. The van der Waals surface area contributed by atoms with Gasteiger partial charge in [0.2, 0.25) is 0 Å². The topological polar surface area (TPSA) is 90.5 Å². The van der Waals surface area contributed by atoms with E-state index in [1.54, 1.807) is 7.11 Å². The molecule has 1 aliphatic carbocycles. The summed E-state index contributed by atoms with van der Waals surface area (Å²) in [5.41, 5.74) is 0.949. The van der Waals surface area contributed by atoms with Crippen LogP contribution in [0.5, 0.6) is 5.75 Å². The number of ether oxygens (including phenoxy) is 1. The Balaban J connectivity index is 0.00000272. The summed E-state index contributed by atoms with van der Waals surface area (Å²) in [4.78, 5) is 12.0. The normalized spacial score (nSPS) is 19.9. The quantitative estimate of drug-likeness (QED) is 0.285. The lowest BCUT2D eigenvalue weighted by molar-refractivity contribution is 0.242. The van der Waals surface area contributed by atoms with Gasteiger partial charge in [-0.2, -0.15) is 5.10 Å². The minimum absolute atomic E-state index is 0. The van der Waals surface area contributed by atoms with Crippen molar-refractivity contribution in [2.75, 3.05) is 26.7 Å². The van der Waals surface area contributed by atoms with E-state index in [4.69, 9.17) is 9.73 Å². The summed E-state index contributed by atoms with van der Waals surface area (Å²) in [6.07, 6.45) is 6.68. The molecule has 1 atom stereocenters. The van der Waals surface area contributed by atoms with Gasteiger partial charge in [0.05, 0.1) is 7.11 Å². The molecule has 1 saturated carbocycles. The van der Waals surface area contributed by atoms with Crippen molar-refractivity contribution in [3.8, 4) is 17.1 Å². The van der Waals surface area contributed by atoms with E-state index in [0.717, 1.165) is 42.2 Å². The van der Waals surface area contributed by atoms with Gasteiger partial charge < -0.3 is 15.4 Å². The highest BCUT2D eigenvalue weighted by Gasteiger charge is 2.30. The second-order valence-corrected chi connectivity index (χ2v) is 8.09. The Hall–Kier alpha value is -1.88. The summed E-state index contributed by atoms with van der Waals surface area (Å²) in [5, 5.41) is 14.3. The molecule has 9 heteroatoms. The molecule has 1 unspecified atom stereocenters. The first kappa shape index (κ1) is 23.8. The average Bonchev–Trinajstić information content (AvgIpc) is 3.54. The largest absolute Gasteiger partial charge is 0.497 e. The van der Waals surface area contributed by atoms with E-state index < -0.39 is 0 Å². The minimum Gasteiger partial charge on any atom is -0.497 e. The second kappa shape index (κ2) is 11.7. The number of nitrogens with one attached hydrogen (secondary N) is 3. The maximum atomic E-state index is 5.20. The Labute approximate surface area is 201 Å². The number of benzene rings is 1. The van der Waals surface area contributed by atoms with Crippen LogP contribution in [0.4, 0.5) is 0 Å². The van der Waals surface area contributed by atoms with Crippen LogP contribution >= 0.6 is 24.0 Å². The Kier molecular flexibility index (Phi) is 8.94. The van der Waals surface area contributed by atoms with Crippen molar-refractivity contribution in [3.63, 3.8) is 0 Å². The molecule has 3 N–H and O–H groups in total. The molecule has 8 nitrogen and oxygen atoms in total. The summed E-state index contributed by atoms with van der Waals surface area (Å²) < 4.78 is 5.20. The number of halogens is 1. The van der Waals surface area contributed by atoms with Gasteiger partial charge in [-0.05, 0) is 50.5 Å². The summed E-state index contributed by atoms with van der Waals surface area (Å²) in [6, 6.07) is 8.98. The first-order chi connectivity index (χ1) is 14.7. The van der Waals surface area contributed by atoms with Crippen LogP contribution < -0.4 is 15.4 Å². The number of guanidine groups is 1. The average molecular weight is 539 g/mol. The molecule has 170 valence electrons. The van der Waals surface area contributed by atoms with Crippen molar-refractivity contribution in [2.45, 2.75) is 57.7 Å². The number of likely N-dealkylation sites (tertiary alicyclic amines) is 1. The van der Waals surface area contributed by atoms with Crippen LogP contribution in [0.25, 0.3) is 11.4 Å². The molecule has 1 aromatic carbocycles. The Morgan fingerprint density at radius 2 is 2.00 bits per heavy atom. The third-order valence-electron chi connectivity index (χ3n) is 6.01. The zero-order chi connectivity index (χ0) is 20.8. The van der Waals surface area contributed by atoms with Crippen molar-refractivity contribution >= 4 is 29.9 Å². The third-order valence-corrected chi connectivity index (χ3v) is 6.01. The highest BCUT2D eigenvalue weighted by Crippen LogP contribution is 2.26. The van der Waals surface area contributed by atoms with Crippen LogP contribution in [-0.4, -0.2) is 64.9 Å². The van der Waals surface area contributed by atoms with Gasteiger partial charge in [0.15, 0.2) is 11.8 Å². The standard InChI is InChI=1S/C22H33N7O.HI/c1-3-23-22(25-17-12-13-29(15-17)18-6-4-5-7-18)24-14-20-26-21(28-27-20)16-8-10-19(30-2)11-9-16;/h8-11,17-18H,3-7,12-15H2,1-2H3,(H2,23,24,25)(H,26,27,28);1H. The Morgan fingerprint density at radius 3 is 2.71 bits per heavy atom. The predicted molar refractivity (Wildman–Crippen MR) is 134 cm³/mol. The zero-order valence-corrected chi connectivity index (χ0v) is 20.8. The number of nitrogens with zero attached hydrogens (tertiary/aromatic N) is 4. The number of aromatic amines is 1. The third kappa shape index (κ3) is 6.31. The van der Waals surface area contributed by atoms with E-state index in [1.165, 1.54) is 38.6 Å². The van der Waals surface area contributed by atoms with Crippen LogP contribution in [0.3, 0.4) is 0 Å². The monoisotopic (exact) mass is 539 g/mol. The van der Waals surface area contributed by atoms with E-state index >= 15 is 0 Å². The van der Waals surface area contributed by atoms with Gasteiger partial charge in [0.1, 0.15) is 18.1 Å². The molecule has 0 spiro atoms. The number of hydrogen-bond donors (Lipinski definition) is 3. The number of rotatable bonds is 7. The van der Waals surface area contributed by atoms with E-state index in [9.17, 15) is 0 Å². The van der Waals surface area contributed by atoms with Crippen molar-refractivity contribution in [3.05, 3.63) is 30.1 Å². The summed E-state index contributed by atoms with van der Waals surface area (Å²) >= 11 is 0. The number of aliphatic imine (C=N–C) groups is 1. The van der Waals surface area contributed by atoms with Gasteiger partial charge in [-0.1, -0.05) is 12.8 Å². The molecular weight excluding hydrogens is 505 g/mol. The molecule has 0 bridgehead atoms. The molecular formula is C22H34IN7O. The number of methoxy groups -OCH3 is 1. The van der Waals surface area contributed by atoms with Crippen molar-refractivity contribution < 1.29 is 4.74 Å². The Bertz CT molecular complexity index is 833. The van der Waals surface area contributed by atoms with Gasteiger partial charge in [-0.25, -0.2) is 9.98 Å². The van der Waals surface area contributed by atoms with E-state index in [1.807, 2.05) is 24.3 Å². The van der Waals surface area contributed by atoms with Gasteiger partial charge in [0.25, 0.3) is 0 Å². The number of H-pyrrole nitrogens is 1. The van der Waals surface area contributed by atoms with Gasteiger partial charge in [-0.15, -0.1) is 24.0 Å². The lowest BCUT2D eigenvalue weighted by atomic mass is 10.2. The number of aromatic nitrogens is 3. The second-order valence-electron chi connectivity index (χ2n) is 8.09. The molecule has 2 aliphatic rings. The van der Waals surface area contributed by atoms with E-state index in [2.05, 4.69) is 37.6 Å². The van der Waals surface area contributed by atoms with E-state index in [-0.39, 0.29) is 24.0 Å². The maximum absolute atomic E-state index is 5.20. The van der Waals surface area contributed by atoms with Crippen LogP contribution in [0.15, 0.2) is 29.3 Å². The highest BCUT2D eigenvalue weighted by atomic mass is 127. The lowest BCUT2D eigenvalue weighted by Crippen LogP contribution is -2.45. The van der Waals surface area contributed by atoms with Gasteiger partial charge in [0, 0.05) is 37.3 Å². The smallest absolute Gasteiger partial charge is 0.191 e. The molecule has 1 aromatic heterocycles.